The number of hydrogen-bond acceptors (Lipinski definition) is 7. The average molecular weight is 467 g/mol. The fourth-order valence-electron chi connectivity index (χ4n) is 3.98. The molecule has 1 aliphatic rings. The number of carbonyl (C=O) groups is 1. The van der Waals surface area contributed by atoms with Gasteiger partial charge in [0.2, 0.25) is 0 Å². The molecule has 2 heterocycles. The van der Waals surface area contributed by atoms with Crippen LogP contribution in [-0.2, 0) is 7.05 Å². The Balaban J connectivity index is 1.58. The van der Waals surface area contributed by atoms with Gasteiger partial charge in [-0.15, -0.1) is 5.10 Å². The summed E-state index contributed by atoms with van der Waals surface area (Å²) in [5.74, 6) is 0.921. The van der Waals surface area contributed by atoms with E-state index in [1.54, 1.807) is 50.4 Å². The Hall–Kier alpha value is -3.77. The first-order valence-corrected chi connectivity index (χ1v) is 10.7. The Morgan fingerprint density at radius 1 is 1.09 bits per heavy atom. The lowest BCUT2D eigenvalue weighted by molar-refractivity contribution is 0.0736. The van der Waals surface area contributed by atoms with Crippen LogP contribution >= 0.6 is 11.6 Å². The first kappa shape index (κ1) is 22.4. The summed E-state index contributed by atoms with van der Waals surface area (Å²) in [6.45, 7) is 2.22. The van der Waals surface area contributed by atoms with Crippen LogP contribution in [0.5, 0.6) is 11.5 Å². The molecule has 170 valence electrons. The van der Waals surface area contributed by atoms with Crippen molar-refractivity contribution in [3.05, 3.63) is 52.7 Å². The maximum absolute atomic E-state index is 13.5. The summed E-state index contributed by atoms with van der Waals surface area (Å²) in [7, 11) is 4.81. The predicted molar refractivity (Wildman–Crippen MR) is 124 cm³/mol. The zero-order chi connectivity index (χ0) is 23.5. The number of piperazine rings is 1. The standard InChI is InChI=1S/C23H23ClN6O3/c1-28-22(21(26-27-28)20-18(32-2)5-4-6-19(20)33-3)23(31)30-11-9-29(10-12-30)17-8-7-15(14-25)13-16(17)24/h4-8,13H,9-12H2,1-3H3. The third-order valence-electron chi connectivity index (χ3n) is 5.68. The van der Waals surface area contributed by atoms with E-state index in [4.69, 9.17) is 26.3 Å². The Kier molecular flexibility index (Phi) is 6.38. The second kappa shape index (κ2) is 9.38. The molecule has 1 saturated heterocycles. The van der Waals surface area contributed by atoms with Crippen molar-refractivity contribution in [1.29, 1.82) is 5.26 Å². The van der Waals surface area contributed by atoms with Gasteiger partial charge in [0, 0.05) is 33.2 Å². The molecule has 3 aromatic rings. The van der Waals surface area contributed by atoms with Gasteiger partial charge < -0.3 is 19.3 Å². The van der Waals surface area contributed by atoms with Gasteiger partial charge in [0.25, 0.3) is 5.91 Å². The number of nitriles is 1. The summed E-state index contributed by atoms with van der Waals surface area (Å²) in [5, 5.41) is 17.9. The molecule has 0 unspecified atom stereocenters. The van der Waals surface area contributed by atoms with Crippen LogP contribution in [0, 0.1) is 11.3 Å². The van der Waals surface area contributed by atoms with Gasteiger partial charge in [-0.05, 0) is 30.3 Å². The summed E-state index contributed by atoms with van der Waals surface area (Å²) in [6, 6.07) is 12.7. The molecular weight excluding hydrogens is 444 g/mol. The molecule has 4 rings (SSSR count). The highest BCUT2D eigenvalue weighted by Gasteiger charge is 2.30. The number of hydrogen-bond donors (Lipinski definition) is 0. The van der Waals surface area contributed by atoms with E-state index >= 15 is 0 Å². The van der Waals surface area contributed by atoms with Gasteiger partial charge in [-0.3, -0.25) is 4.79 Å². The number of nitrogens with zero attached hydrogens (tertiary/aromatic N) is 6. The van der Waals surface area contributed by atoms with Crippen molar-refractivity contribution >= 4 is 23.2 Å². The summed E-state index contributed by atoms with van der Waals surface area (Å²) in [4.78, 5) is 17.4. The number of amides is 1. The normalized spacial score (nSPS) is 13.5. The smallest absolute Gasteiger partial charge is 0.274 e. The maximum Gasteiger partial charge on any atom is 0.274 e. The second-order valence-electron chi connectivity index (χ2n) is 7.51. The van der Waals surface area contributed by atoms with Crippen LogP contribution in [0.2, 0.25) is 5.02 Å². The number of methoxy groups -OCH3 is 2. The predicted octanol–water partition coefficient (Wildman–Crippen LogP) is 2.99. The van der Waals surface area contributed by atoms with Crippen molar-refractivity contribution in [3.8, 4) is 28.8 Å². The monoisotopic (exact) mass is 466 g/mol. The number of aromatic nitrogens is 3. The summed E-state index contributed by atoms with van der Waals surface area (Å²) < 4.78 is 12.5. The lowest BCUT2D eigenvalue weighted by atomic mass is 10.1. The minimum Gasteiger partial charge on any atom is -0.496 e. The highest BCUT2D eigenvalue weighted by molar-refractivity contribution is 6.33. The SMILES string of the molecule is COc1cccc(OC)c1-c1nnn(C)c1C(=O)N1CCN(c2ccc(C#N)cc2Cl)CC1. The van der Waals surface area contributed by atoms with E-state index in [2.05, 4.69) is 21.3 Å². The molecule has 1 amide bonds. The Bertz CT molecular complexity index is 1210. The Morgan fingerprint density at radius 2 is 1.76 bits per heavy atom. The topological polar surface area (TPSA) is 96.5 Å². The number of aryl methyl sites for hydroxylation is 1. The van der Waals surface area contributed by atoms with Gasteiger partial charge in [-0.1, -0.05) is 22.9 Å². The first-order chi connectivity index (χ1) is 16.0. The molecular formula is C23H23ClN6O3. The largest absolute Gasteiger partial charge is 0.496 e. The van der Waals surface area contributed by atoms with Crippen LogP contribution in [-0.4, -0.2) is 66.2 Å². The maximum atomic E-state index is 13.5. The van der Waals surface area contributed by atoms with E-state index in [0.717, 1.165) is 5.69 Å². The number of halogens is 1. The lowest BCUT2D eigenvalue weighted by Crippen LogP contribution is -2.49. The fraction of sp³-hybridized carbons (Fsp3) is 0.304. The number of ether oxygens (including phenoxy) is 2. The van der Waals surface area contributed by atoms with Crippen molar-refractivity contribution in [1.82, 2.24) is 19.9 Å². The van der Waals surface area contributed by atoms with Crippen LogP contribution in [0.1, 0.15) is 16.1 Å². The Labute approximate surface area is 196 Å². The van der Waals surface area contributed by atoms with Crippen LogP contribution in [0.15, 0.2) is 36.4 Å². The second-order valence-corrected chi connectivity index (χ2v) is 7.91. The van der Waals surface area contributed by atoms with Crippen LogP contribution in [0.3, 0.4) is 0 Å². The van der Waals surface area contributed by atoms with Crippen LogP contribution in [0.25, 0.3) is 11.3 Å². The van der Waals surface area contributed by atoms with Crippen LogP contribution < -0.4 is 14.4 Å². The Morgan fingerprint density at radius 3 is 2.33 bits per heavy atom. The lowest BCUT2D eigenvalue weighted by Gasteiger charge is -2.36. The molecule has 0 saturated carbocycles. The molecule has 2 aromatic carbocycles. The van der Waals surface area contributed by atoms with E-state index in [1.165, 1.54) is 4.68 Å². The van der Waals surface area contributed by atoms with Crippen LogP contribution in [0.4, 0.5) is 5.69 Å². The van der Waals surface area contributed by atoms with Crippen molar-refractivity contribution in [2.75, 3.05) is 45.3 Å². The quantitative estimate of drug-likeness (QED) is 0.570. The molecule has 0 bridgehead atoms. The molecule has 33 heavy (non-hydrogen) atoms. The third kappa shape index (κ3) is 4.17. The zero-order valence-electron chi connectivity index (χ0n) is 18.6. The van der Waals surface area contributed by atoms with Gasteiger partial charge in [-0.25, -0.2) is 4.68 Å². The zero-order valence-corrected chi connectivity index (χ0v) is 19.3. The first-order valence-electron chi connectivity index (χ1n) is 10.3. The summed E-state index contributed by atoms with van der Waals surface area (Å²) in [5.41, 5.74) is 2.73. The van der Waals surface area contributed by atoms with Crippen molar-refractivity contribution in [2.24, 2.45) is 7.05 Å². The van der Waals surface area contributed by atoms with E-state index < -0.39 is 0 Å². The van der Waals surface area contributed by atoms with Gasteiger partial charge in [-0.2, -0.15) is 5.26 Å². The molecule has 0 atom stereocenters. The summed E-state index contributed by atoms with van der Waals surface area (Å²) >= 11 is 6.37. The minimum absolute atomic E-state index is 0.170. The molecule has 1 aliphatic heterocycles. The molecule has 10 heteroatoms. The van der Waals surface area contributed by atoms with Crippen molar-refractivity contribution in [2.45, 2.75) is 0 Å². The molecule has 9 nitrogen and oxygen atoms in total. The van der Waals surface area contributed by atoms with E-state index in [9.17, 15) is 4.79 Å². The number of carbonyl (C=O) groups excluding carboxylic acids is 1. The molecule has 0 aliphatic carbocycles. The van der Waals surface area contributed by atoms with Crippen molar-refractivity contribution < 1.29 is 14.3 Å². The number of benzene rings is 2. The van der Waals surface area contributed by atoms with Gasteiger partial charge in [0.15, 0.2) is 5.69 Å². The van der Waals surface area contributed by atoms with Crippen molar-refractivity contribution in [3.63, 3.8) is 0 Å². The van der Waals surface area contributed by atoms with Gasteiger partial charge in [0.05, 0.1) is 42.1 Å². The molecule has 0 spiro atoms. The van der Waals surface area contributed by atoms with Gasteiger partial charge >= 0.3 is 0 Å². The van der Waals surface area contributed by atoms with E-state index in [-0.39, 0.29) is 5.91 Å². The molecule has 0 radical (unpaired) electrons. The van der Waals surface area contributed by atoms with E-state index in [0.29, 0.717) is 65.2 Å². The third-order valence-corrected chi connectivity index (χ3v) is 5.98. The number of anilines is 1. The van der Waals surface area contributed by atoms with E-state index in [1.807, 2.05) is 12.1 Å². The fourth-order valence-corrected chi connectivity index (χ4v) is 4.28. The average Bonchev–Trinajstić information content (AvgIpc) is 3.23. The minimum atomic E-state index is -0.170. The number of rotatable bonds is 5. The highest BCUT2D eigenvalue weighted by Crippen LogP contribution is 2.39. The summed E-state index contributed by atoms with van der Waals surface area (Å²) in [6.07, 6.45) is 0. The highest BCUT2D eigenvalue weighted by atomic mass is 35.5. The molecule has 1 aromatic heterocycles. The molecule has 1 fully saturated rings. The van der Waals surface area contributed by atoms with Gasteiger partial charge in [0.1, 0.15) is 17.2 Å². The molecule has 0 N–H and O–H groups in total.